The van der Waals surface area contributed by atoms with Gasteiger partial charge in [-0.25, -0.2) is 0 Å². The highest BCUT2D eigenvalue weighted by atomic mass is 16.6. The largest absolute Gasteiger partial charge is 0.495 e. The molecule has 0 spiro atoms. The summed E-state index contributed by atoms with van der Waals surface area (Å²) in [4.78, 5) is 25.5. The topological polar surface area (TPSA) is 84.7 Å². The summed E-state index contributed by atoms with van der Waals surface area (Å²) in [6.07, 6.45) is 1.98. The molecule has 0 bridgehead atoms. The summed E-state index contributed by atoms with van der Waals surface area (Å²) >= 11 is 0. The summed E-state index contributed by atoms with van der Waals surface area (Å²) in [7, 11) is 1.46. The first kappa shape index (κ1) is 18.7. The van der Waals surface area contributed by atoms with E-state index in [-0.39, 0.29) is 11.6 Å². The molecule has 7 nitrogen and oxygen atoms in total. The zero-order valence-electron chi connectivity index (χ0n) is 15.7. The molecule has 1 N–H and O–H groups in total. The molecule has 1 aliphatic rings. The normalized spacial score (nSPS) is 14.3. The Balaban J connectivity index is 1.83. The van der Waals surface area contributed by atoms with Crippen LogP contribution in [0.1, 0.15) is 24.5 Å². The Morgan fingerprint density at radius 3 is 2.78 bits per heavy atom. The highest BCUT2D eigenvalue weighted by molar-refractivity contribution is 5.98. The number of aryl methyl sites for hydroxylation is 2. The number of ether oxygens (including phenoxy) is 1. The summed E-state index contributed by atoms with van der Waals surface area (Å²) in [5, 5.41) is 13.8. The van der Waals surface area contributed by atoms with E-state index in [2.05, 4.69) is 29.3 Å². The molecule has 0 saturated heterocycles. The quantitative estimate of drug-likeness (QED) is 0.642. The number of anilines is 2. The molecular formula is C20H23N3O4. The highest BCUT2D eigenvalue weighted by Crippen LogP contribution is 2.32. The van der Waals surface area contributed by atoms with Crippen LogP contribution in [0.2, 0.25) is 0 Å². The monoisotopic (exact) mass is 369 g/mol. The number of fused-ring (bicyclic) bond motifs is 1. The van der Waals surface area contributed by atoms with E-state index in [0.717, 1.165) is 25.1 Å². The smallest absolute Gasteiger partial charge is 0.271 e. The molecule has 3 rings (SSSR count). The lowest BCUT2D eigenvalue weighted by Crippen LogP contribution is -2.44. The van der Waals surface area contributed by atoms with Gasteiger partial charge in [-0.15, -0.1) is 0 Å². The lowest BCUT2D eigenvalue weighted by atomic mass is 9.98. The van der Waals surface area contributed by atoms with Crippen molar-refractivity contribution in [2.45, 2.75) is 32.7 Å². The molecule has 0 radical (unpaired) electrons. The average Bonchev–Trinajstić information content (AvgIpc) is 2.66. The number of benzene rings is 2. The number of amides is 1. The third-order valence-electron chi connectivity index (χ3n) is 4.89. The van der Waals surface area contributed by atoms with Gasteiger partial charge in [0.15, 0.2) is 0 Å². The van der Waals surface area contributed by atoms with Crippen molar-refractivity contribution in [3.8, 4) is 5.75 Å². The Morgan fingerprint density at radius 1 is 1.30 bits per heavy atom. The number of nitrogens with zero attached hydrogens (tertiary/aromatic N) is 2. The van der Waals surface area contributed by atoms with Crippen molar-refractivity contribution in [3.05, 3.63) is 57.6 Å². The maximum Gasteiger partial charge on any atom is 0.271 e. The van der Waals surface area contributed by atoms with Gasteiger partial charge in [0.05, 0.1) is 17.7 Å². The number of carbonyl (C=O) groups is 1. The second-order valence-electron chi connectivity index (χ2n) is 6.74. The van der Waals surface area contributed by atoms with Crippen LogP contribution in [0.15, 0.2) is 36.4 Å². The SMILES string of the molecule is COc1ccc([N+](=O)[O-])cc1NC(=O)[C@H](C)N1CCCc2cc(C)ccc21. The highest BCUT2D eigenvalue weighted by Gasteiger charge is 2.27. The fourth-order valence-corrected chi connectivity index (χ4v) is 3.44. The molecule has 0 fully saturated rings. The minimum atomic E-state index is -0.498. The van der Waals surface area contributed by atoms with Crippen LogP contribution < -0.4 is 15.0 Å². The molecule has 7 heteroatoms. The molecule has 2 aromatic rings. The predicted molar refractivity (Wildman–Crippen MR) is 105 cm³/mol. The van der Waals surface area contributed by atoms with Gasteiger partial charge in [-0.3, -0.25) is 14.9 Å². The number of hydrogen-bond acceptors (Lipinski definition) is 5. The van der Waals surface area contributed by atoms with E-state index in [4.69, 9.17) is 4.74 Å². The molecule has 142 valence electrons. The van der Waals surface area contributed by atoms with Gasteiger partial charge >= 0.3 is 0 Å². The van der Waals surface area contributed by atoms with Crippen molar-refractivity contribution in [2.75, 3.05) is 23.9 Å². The van der Waals surface area contributed by atoms with Gasteiger partial charge in [-0.05, 0) is 44.4 Å². The summed E-state index contributed by atoms with van der Waals surface area (Å²) in [5.74, 6) is 0.151. The van der Waals surface area contributed by atoms with Crippen LogP contribution in [0.5, 0.6) is 5.75 Å². The molecule has 0 aliphatic carbocycles. The standard InChI is InChI=1S/C20H23N3O4/c1-13-6-8-18-15(11-13)5-4-10-22(18)14(2)20(24)21-17-12-16(23(25)26)7-9-19(17)27-3/h6-9,11-12,14H,4-5,10H2,1-3H3,(H,21,24)/t14-/m0/s1. The van der Waals surface area contributed by atoms with E-state index in [1.807, 2.05) is 13.0 Å². The molecular weight excluding hydrogens is 346 g/mol. The summed E-state index contributed by atoms with van der Waals surface area (Å²) < 4.78 is 5.22. The van der Waals surface area contributed by atoms with E-state index >= 15 is 0 Å². The van der Waals surface area contributed by atoms with E-state index in [1.54, 1.807) is 0 Å². The van der Waals surface area contributed by atoms with Crippen LogP contribution in [0, 0.1) is 17.0 Å². The lowest BCUT2D eigenvalue weighted by Gasteiger charge is -2.35. The van der Waals surface area contributed by atoms with Crippen LogP contribution in [0.4, 0.5) is 17.1 Å². The van der Waals surface area contributed by atoms with Crippen molar-refractivity contribution in [1.82, 2.24) is 0 Å². The number of nitro benzene ring substituents is 1. The third kappa shape index (κ3) is 3.86. The molecule has 1 amide bonds. The number of hydrogen-bond donors (Lipinski definition) is 1. The van der Waals surface area contributed by atoms with E-state index in [0.29, 0.717) is 11.4 Å². The molecule has 0 aromatic heterocycles. The van der Waals surface area contributed by atoms with E-state index in [9.17, 15) is 14.9 Å². The molecule has 1 atom stereocenters. The first-order chi connectivity index (χ1) is 12.9. The molecule has 1 aliphatic heterocycles. The average molecular weight is 369 g/mol. The maximum atomic E-state index is 12.9. The Labute approximate surface area is 158 Å². The van der Waals surface area contributed by atoms with E-state index < -0.39 is 11.0 Å². The Hall–Kier alpha value is -3.09. The zero-order valence-corrected chi connectivity index (χ0v) is 15.7. The second kappa shape index (κ2) is 7.65. The van der Waals surface area contributed by atoms with Gasteiger partial charge in [-0.2, -0.15) is 0 Å². The van der Waals surface area contributed by atoms with Crippen LogP contribution in [0.3, 0.4) is 0 Å². The fraction of sp³-hybridized carbons (Fsp3) is 0.350. The van der Waals surface area contributed by atoms with Gasteiger partial charge < -0.3 is 15.0 Å². The van der Waals surface area contributed by atoms with Gasteiger partial charge in [0.2, 0.25) is 5.91 Å². The lowest BCUT2D eigenvalue weighted by molar-refractivity contribution is -0.384. The van der Waals surface area contributed by atoms with Crippen LogP contribution in [-0.4, -0.2) is 30.5 Å². The van der Waals surface area contributed by atoms with Crippen molar-refractivity contribution in [2.24, 2.45) is 0 Å². The van der Waals surface area contributed by atoms with Crippen molar-refractivity contribution >= 4 is 23.0 Å². The number of nitro groups is 1. The number of nitrogens with one attached hydrogen (secondary N) is 1. The molecule has 0 unspecified atom stereocenters. The fourth-order valence-electron chi connectivity index (χ4n) is 3.44. The number of rotatable bonds is 5. The van der Waals surface area contributed by atoms with Crippen LogP contribution in [-0.2, 0) is 11.2 Å². The summed E-state index contributed by atoms with van der Waals surface area (Å²) in [6.45, 7) is 4.69. The summed E-state index contributed by atoms with van der Waals surface area (Å²) in [6, 6.07) is 9.99. The predicted octanol–water partition coefficient (Wildman–Crippen LogP) is 3.69. The Morgan fingerprint density at radius 2 is 2.07 bits per heavy atom. The minimum Gasteiger partial charge on any atom is -0.495 e. The first-order valence-corrected chi connectivity index (χ1v) is 8.90. The van der Waals surface area contributed by atoms with Crippen molar-refractivity contribution in [3.63, 3.8) is 0 Å². The second-order valence-corrected chi connectivity index (χ2v) is 6.74. The Kier molecular flexibility index (Phi) is 5.30. The minimum absolute atomic E-state index is 0.0995. The van der Waals surface area contributed by atoms with Crippen LogP contribution >= 0.6 is 0 Å². The number of methoxy groups -OCH3 is 1. The summed E-state index contributed by atoms with van der Waals surface area (Å²) in [5.41, 5.74) is 3.71. The van der Waals surface area contributed by atoms with Gasteiger partial charge in [0.1, 0.15) is 11.8 Å². The number of non-ortho nitro benzene ring substituents is 1. The van der Waals surface area contributed by atoms with Crippen molar-refractivity contribution in [1.29, 1.82) is 0 Å². The molecule has 1 heterocycles. The molecule has 2 aromatic carbocycles. The van der Waals surface area contributed by atoms with Crippen LogP contribution in [0.25, 0.3) is 0 Å². The van der Waals surface area contributed by atoms with Gasteiger partial charge in [0, 0.05) is 24.4 Å². The number of carbonyl (C=O) groups excluding carboxylic acids is 1. The van der Waals surface area contributed by atoms with Gasteiger partial charge in [-0.1, -0.05) is 17.7 Å². The maximum absolute atomic E-state index is 12.9. The molecule has 27 heavy (non-hydrogen) atoms. The zero-order chi connectivity index (χ0) is 19.6. The Bertz CT molecular complexity index is 882. The van der Waals surface area contributed by atoms with Crippen molar-refractivity contribution < 1.29 is 14.5 Å². The molecule has 0 saturated carbocycles. The first-order valence-electron chi connectivity index (χ1n) is 8.90. The van der Waals surface area contributed by atoms with Gasteiger partial charge in [0.25, 0.3) is 5.69 Å². The van der Waals surface area contributed by atoms with E-state index in [1.165, 1.54) is 36.4 Å². The third-order valence-corrected chi connectivity index (χ3v) is 4.89.